The number of nitrogens with zero attached hydrogens (tertiary/aromatic N) is 2. The first-order valence-electron chi connectivity index (χ1n) is 5.44. The second-order valence-corrected chi connectivity index (χ2v) is 3.91. The van der Waals surface area contributed by atoms with E-state index in [0.29, 0.717) is 0 Å². The molecule has 0 aromatic rings. The standard InChI is InChI=1S/C10H16N2O8.3Na/c13-7(14)3-11(4-8(15)16)1-2-12(5-9(17)18)6-10(19)20;;;/h1-6H2,(H,13,14)(H,15,16)(H,17,18)(H,19,20);;;/q;3*+1/p-4. The summed E-state index contributed by atoms with van der Waals surface area (Å²) in [5.41, 5.74) is 0. The van der Waals surface area contributed by atoms with Crippen LogP contribution >= 0.6 is 0 Å². The van der Waals surface area contributed by atoms with Crippen molar-refractivity contribution in [3.63, 3.8) is 0 Å². The molecule has 0 N–H and O–H groups in total. The van der Waals surface area contributed by atoms with Crippen molar-refractivity contribution in [3.8, 4) is 0 Å². The number of carbonyl (C=O) groups is 4. The van der Waals surface area contributed by atoms with Crippen molar-refractivity contribution in [2.45, 2.75) is 0 Å². The number of rotatable bonds is 11. The van der Waals surface area contributed by atoms with Gasteiger partial charge in [0.2, 0.25) is 0 Å². The van der Waals surface area contributed by atoms with E-state index in [0.717, 1.165) is 9.80 Å². The van der Waals surface area contributed by atoms with Gasteiger partial charge in [0.1, 0.15) is 0 Å². The Morgan fingerprint density at radius 2 is 0.696 bits per heavy atom. The van der Waals surface area contributed by atoms with Crippen LogP contribution in [0.5, 0.6) is 0 Å². The fraction of sp³-hybridized carbons (Fsp3) is 0.600. The van der Waals surface area contributed by atoms with Crippen molar-refractivity contribution >= 4 is 23.9 Å². The van der Waals surface area contributed by atoms with Gasteiger partial charge >= 0.3 is 88.7 Å². The topological polar surface area (TPSA) is 167 Å². The van der Waals surface area contributed by atoms with Gasteiger partial charge in [0, 0.05) is 39.3 Å². The molecule has 0 aliphatic heterocycles. The van der Waals surface area contributed by atoms with Crippen LogP contribution in [0, 0.1) is 0 Å². The van der Waals surface area contributed by atoms with E-state index < -0.39 is 50.1 Å². The molecule has 10 nitrogen and oxygen atoms in total. The average molecular weight is 357 g/mol. The van der Waals surface area contributed by atoms with Gasteiger partial charge in [-0.1, -0.05) is 0 Å². The summed E-state index contributed by atoms with van der Waals surface area (Å²) in [7, 11) is 0. The van der Waals surface area contributed by atoms with Crippen LogP contribution in [0.4, 0.5) is 0 Å². The van der Waals surface area contributed by atoms with Crippen molar-refractivity contribution in [2.24, 2.45) is 0 Å². The Labute approximate surface area is 199 Å². The molecule has 0 aliphatic rings. The van der Waals surface area contributed by atoms with E-state index in [-0.39, 0.29) is 102 Å². The third-order valence-corrected chi connectivity index (χ3v) is 2.14. The van der Waals surface area contributed by atoms with E-state index in [1.807, 2.05) is 0 Å². The molecule has 13 heteroatoms. The second kappa shape index (κ2) is 17.6. The zero-order valence-electron chi connectivity index (χ0n) is 13.4. The Bertz CT molecular complexity index is 328. The van der Waals surface area contributed by atoms with Crippen molar-refractivity contribution in [3.05, 3.63) is 0 Å². The molecule has 0 unspecified atom stereocenters. The van der Waals surface area contributed by atoms with Crippen LogP contribution in [0.2, 0.25) is 0 Å². The molecule has 0 spiro atoms. The Morgan fingerprint density at radius 1 is 0.522 bits per heavy atom. The minimum atomic E-state index is -1.53. The maximum absolute atomic E-state index is 10.4. The minimum absolute atomic E-state index is 0. The smallest absolute Gasteiger partial charge is 0.549 e. The number of aliphatic carboxylic acids is 4. The summed E-state index contributed by atoms with van der Waals surface area (Å²) in [6.45, 7) is -3.25. The van der Waals surface area contributed by atoms with Crippen LogP contribution in [0.25, 0.3) is 0 Å². The first kappa shape index (κ1) is 31.6. The van der Waals surface area contributed by atoms with Gasteiger partial charge in [-0.05, 0) is 0 Å². The normalized spacial score (nSPS) is 9.30. The predicted octanol–water partition coefficient (Wildman–Crippen LogP) is -16.4. The molecule has 0 aromatic heterocycles. The molecule has 23 heavy (non-hydrogen) atoms. The van der Waals surface area contributed by atoms with Crippen LogP contribution in [0.1, 0.15) is 0 Å². The fourth-order valence-corrected chi connectivity index (χ4v) is 1.44. The van der Waals surface area contributed by atoms with Crippen molar-refractivity contribution in [2.75, 3.05) is 39.3 Å². The van der Waals surface area contributed by atoms with Crippen LogP contribution in [-0.2, 0) is 19.2 Å². The molecule has 0 atom stereocenters. The number of hydrogen-bond acceptors (Lipinski definition) is 10. The number of carboxylic acid groups (broad SMARTS) is 4. The third kappa shape index (κ3) is 20.8. The molecule has 0 fully saturated rings. The first-order chi connectivity index (χ1) is 9.20. The van der Waals surface area contributed by atoms with E-state index in [9.17, 15) is 39.6 Å². The molecule has 0 radical (unpaired) electrons. The minimum Gasteiger partial charge on any atom is -0.549 e. The zero-order chi connectivity index (χ0) is 15.7. The predicted molar refractivity (Wildman–Crippen MR) is 52.9 cm³/mol. The van der Waals surface area contributed by atoms with Crippen LogP contribution < -0.4 is 109 Å². The number of carbonyl (C=O) groups excluding carboxylic acids is 4. The Hall–Kier alpha value is 0.800. The summed E-state index contributed by atoms with van der Waals surface area (Å²) in [5.74, 6) is -6.12. The van der Waals surface area contributed by atoms with E-state index in [1.165, 1.54) is 0 Å². The van der Waals surface area contributed by atoms with Crippen LogP contribution in [0.3, 0.4) is 0 Å². The third-order valence-electron chi connectivity index (χ3n) is 2.14. The van der Waals surface area contributed by atoms with E-state index in [1.54, 1.807) is 0 Å². The Balaban J connectivity index is -0.000000602. The molecule has 0 saturated carbocycles. The van der Waals surface area contributed by atoms with Crippen LogP contribution in [-0.4, -0.2) is 72.9 Å². The van der Waals surface area contributed by atoms with E-state index in [2.05, 4.69) is 0 Å². The summed E-state index contributed by atoms with van der Waals surface area (Å²) < 4.78 is 0. The largest absolute Gasteiger partial charge is 1.00 e. The Morgan fingerprint density at radius 3 is 0.826 bits per heavy atom. The molecule has 0 heterocycles. The molecular weight excluding hydrogens is 345 g/mol. The summed E-state index contributed by atoms with van der Waals surface area (Å²) in [4.78, 5) is 43.4. The van der Waals surface area contributed by atoms with Crippen molar-refractivity contribution < 1.29 is 128 Å². The summed E-state index contributed by atoms with van der Waals surface area (Å²) in [6.07, 6.45) is 0. The molecule has 0 amide bonds. The fourth-order valence-electron chi connectivity index (χ4n) is 1.44. The second-order valence-electron chi connectivity index (χ2n) is 3.91. The number of carboxylic acids is 4. The number of hydrogen-bond donors (Lipinski definition) is 0. The first-order valence-corrected chi connectivity index (χ1v) is 5.44. The summed E-state index contributed by atoms with van der Waals surface area (Å²) in [5, 5.41) is 41.6. The van der Waals surface area contributed by atoms with Gasteiger partial charge in [-0.2, -0.15) is 0 Å². The monoisotopic (exact) mass is 357 g/mol. The van der Waals surface area contributed by atoms with Crippen LogP contribution in [0.15, 0.2) is 0 Å². The van der Waals surface area contributed by atoms with Gasteiger partial charge in [0.15, 0.2) is 0 Å². The summed E-state index contributed by atoms with van der Waals surface area (Å²) >= 11 is 0. The van der Waals surface area contributed by atoms with Crippen molar-refractivity contribution in [1.82, 2.24) is 9.80 Å². The van der Waals surface area contributed by atoms with Gasteiger partial charge in [0.05, 0.1) is 23.9 Å². The van der Waals surface area contributed by atoms with Gasteiger partial charge in [-0.25, -0.2) is 0 Å². The van der Waals surface area contributed by atoms with Crippen molar-refractivity contribution in [1.29, 1.82) is 0 Å². The molecule has 0 saturated heterocycles. The van der Waals surface area contributed by atoms with Gasteiger partial charge in [0.25, 0.3) is 0 Å². The zero-order valence-corrected chi connectivity index (χ0v) is 19.4. The quantitative estimate of drug-likeness (QED) is 0.324. The molecule has 0 rings (SSSR count). The molecule has 0 aliphatic carbocycles. The average Bonchev–Trinajstić information content (AvgIpc) is 2.22. The van der Waals surface area contributed by atoms with Gasteiger partial charge in [-0.15, -0.1) is 0 Å². The van der Waals surface area contributed by atoms with E-state index >= 15 is 0 Å². The molecule has 0 bridgehead atoms. The molecule has 114 valence electrons. The molecular formula is C10H12N2Na3O8-. The maximum atomic E-state index is 10.4. The van der Waals surface area contributed by atoms with Gasteiger partial charge < -0.3 is 39.6 Å². The van der Waals surface area contributed by atoms with E-state index in [4.69, 9.17) is 0 Å². The summed E-state index contributed by atoms with van der Waals surface area (Å²) in [6, 6.07) is 0. The van der Waals surface area contributed by atoms with Gasteiger partial charge in [-0.3, -0.25) is 9.80 Å². The Kier molecular flexibility index (Phi) is 24.2. The molecule has 0 aromatic carbocycles. The SMILES string of the molecule is O=C([O-])CN(CCN(CC(=O)[O-])CC(=O)[O-])CC(=O)[O-].[Na+].[Na+].[Na+]. The maximum Gasteiger partial charge on any atom is 1.00 e.